The van der Waals surface area contributed by atoms with Crippen LogP contribution in [0.4, 0.5) is 10.5 Å². The Bertz CT molecular complexity index is 650. The van der Waals surface area contributed by atoms with Gasteiger partial charge in [-0.2, -0.15) is 0 Å². The van der Waals surface area contributed by atoms with Gasteiger partial charge >= 0.3 is 6.03 Å². The van der Waals surface area contributed by atoms with E-state index < -0.39 is 12.1 Å². The molecular formula is C16H21ClN4O3. The monoisotopic (exact) mass is 352 g/mol. The Labute approximate surface area is 145 Å². The molecule has 4 amide bonds. The summed E-state index contributed by atoms with van der Waals surface area (Å²) in [6, 6.07) is 5.57. The number of amides is 4. The van der Waals surface area contributed by atoms with Gasteiger partial charge in [-0.25, -0.2) is 4.79 Å². The molecule has 0 spiro atoms. The number of nitrogens with zero attached hydrogens (tertiary/aromatic N) is 2. The van der Waals surface area contributed by atoms with Gasteiger partial charge in [-0.15, -0.1) is 0 Å². The molecule has 0 aliphatic carbocycles. The van der Waals surface area contributed by atoms with Crippen LogP contribution < -0.4 is 16.0 Å². The molecule has 0 saturated carbocycles. The fourth-order valence-corrected chi connectivity index (χ4v) is 2.89. The van der Waals surface area contributed by atoms with Gasteiger partial charge in [0.15, 0.2) is 0 Å². The molecule has 1 heterocycles. The number of hydrogen-bond acceptors (Lipinski definition) is 3. The molecule has 0 unspecified atom stereocenters. The molecule has 1 aromatic rings. The van der Waals surface area contributed by atoms with Crippen LogP contribution in [0.2, 0.25) is 5.02 Å². The summed E-state index contributed by atoms with van der Waals surface area (Å²) in [5, 5.41) is 2.93. The number of benzene rings is 1. The van der Waals surface area contributed by atoms with E-state index in [0.29, 0.717) is 23.8 Å². The lowest BCUT2D eigenvalue weighted by Crippen LogP contribution is -2.58. The Morgan fingerprint density at radius 3 is 2.46 bits per heavy atom. The zero-order chi connectivity index (χ0) is 17.9. The van der Waals surface area contributed by atoms with Gasteiger partial charge in [0.1, 0.15) is 12.6 Å². The fourth-order valence-electron chi connectivity index (χ4n) is 2.65. The highest BCUT2D eigenvalue weighted by Crippen LogP contribution is 2.26. The molecule has 1 aromatic carbocycles. The van der Waals surface area contributed by atoms with Crippen molar-refractivity contribution in [2.24, 2.45) is 11.7 Å². The number of nitrogens with one attached hydrogen (secondary N) is 1. The summed E-state index contributed by atoms with van der Waals surface area (Å²) < 4.78 is 0. The molecule has 2 rings (SSSR count). The predicted molar refractivity (Wildman–Crippen MR) is 91.7 cm³/mol. The quantitative estimate of drug-likeness (QED) is 0.852. The maximum absolute atomic E-state index is 12.6. The first-order valence-electron chi connectivity index (χ1n) is 7.71. The van der Waals surface area contributed by atoms with E-state index in [1.165, 1.54) is 4.90 Å². The third-order valence-electron chi connectivity index (χ3n) is 3.91. The number of nitrogens with two attached hydrogens (primary N) is 1. The van der Waals surface area contributed by atoms with Crippen molar-refractivity contribution in [1.82, 2.24) is 10.2 Å². The number of primary amides is 1. The highest BCUT2D eigenvalue weighted by molar-refractivity contribution is 6.33. The Hall–Kier alpha value is -2.28. The maximum atomic E-state index is 12.6. The lowest BCUT2D eigenvalue weighted by Gasteiger charge is -2.37. The van der Waals surface area contributed by atoms with E-state index in [4.69, 9.17) is 17.3 Å². The van der Waals surface area contributed by atoms with Gasteiger partial charge < -0.3 is 20.9 Å². The standard InChI is InChI=1S/C16H21ClN4O3/c1-10(2)14(19-16(18)24)15(23)20-7-8-21(13(22)9-20)12-6-4-3-5-11(12)17/h3-6,10,14H,7-9H2,1-2H3,(H3,18,19,24)/t14-/m1/s1. The fraction of sp³-hybridized carbons (Fsp3) is 0.438. The summed E-state index contributed by atoms with van der Waals surface area (Å²) in [7, 11) is 0. The highest BCUT2D eigenvalue weighted by Gasteiger charge is 2.34. The Balaban J connectivity index is 2.09. The molecule has 3 N–H and O–H groups in total. The van der Waals surface area contributed by atoms with Crippen molar-refractivity contribution in [3.63, 3.8) is 0 Å². The highest BCUT2D eigenvalue weighted by atomic mass is 35.5. The van der Waals surface area contributed by atoms with Crippen LogP contribution in [0.1, 0.15) is 13.8 Å². The largest absolute Gasteiger partial charge is 0.352 e. The second-order valence-electron chi connectivity index (χ2n) is 5.99. The van der Waals surface area contributed by atoms with Crippen LogP contribution >= 0.6 is 11.6 Å². The number of anilines is 1. The number of piperazine rings is 1. The van der Waals surface area contributed by atoms with Crippen LogP contribution in [-0.4, -0.2) is 48.4 Å². The second-order valence-corrected chi connectivity index (χ2v) is 6.39. The molecule has 1 saturated heterocycles. The normalized spacial score (nSPS) is 16.2. The molecule has 0 aromatic heterocycles. The molecule has 130 valence electrons. The molecule has 24 heavy (non-hydrogen) atoms. The number of hydrogen-bond donors (Lipinski definition) is 2. The molecular weight excluding hydrogens is 332 g/mol. The van der Waals surface area contributed by atoms with Crippen molar-refractivity contribution < 1.29 is 14.4 Å². The van der Waals surface area contributed by atoms with Crippen molar-refractivity contribution in [3.8, 4) is 0 Å². The Morgan fingerprint density at radius 1 is 1.25 bits per heavy atom. The van der Waals surface area contributed by atoms with E-state index in [9.17, 15) is 14.4 Å². The predicted octanol–water partition coefficient (Wildman–Crippen LogP) is 1.21. The average Bonchev–Trinajstić information content (AvgIpc) is 2.52. The first kappa shape index (κ1) is 18.1. The van der Waals surface area contributed by atoms with E-state index in [0.717, 1.165) is 0 Å². The van der Waals surface area contributed by atoms with E-state index in [-0.39, 0.29) is 24.3 Å². The van der Waals surface area contributed by atoms with Gasteiger partial charge in [-0.05, 0) is 18.1 Å². The van der Waals surface area contributed by atoms with Crippen LogP contribution in [0.15, 0.2) is 24.3 Å². The Morgan fingerprint density at radius 2 is 1.92 bits per heavy atom. The van der Waals surface area contributed by atoms with Crippen LogP contribution in [-0.2, 0) is 9.59 Å². The minimum atomic E-state index is -0.761. The first-order valence-corrected chi connectivity index (χ1v) is 8.08. The molecule has 1 fully saturated rings. The van der Waals surface area contributed by atoms with Crippen molar-refractivity contribution in [3.05, 3.63) is 29.3 Å². The number of rotatable bonds is 4. The van der Waals surface area contributed by atoms with Gasteiger partial charge in [0.25, 0.3) is 0 Å². The van der Waals surface area contributed by atoms with Crippen LogP contribution in [0.25, 0.3) is 0 Å². The number of halogens is 1. The molecule has 7 nitrogen and oxygen atoms in total. The van der Waals surface area contributed by atoms with E-state index >= 15 is 0 Å². The molecule has 0 radical (unpaired) electrons. The summed E-state index contributed by atoms with van der Waals surface area (Å²) in [6.45, 7) is 4.25. The molecule has 8 heteroatoms. The van der Waals surface area contributed by atoms with Crippen LogP contribution in [0.3, 0.4) is 0 Å². The topological polar surface area (TPSA) is 95.7 Å². The Kier molecular flexibility index (Phi) is 5.66. The maximum Gasteiger partial charge on any atom is 0.312 e. The lowest BCUT2D eigenvalue weighted by atomic mass is 10.0. The van der Waals surface area contributed by atoms with E-state index in [2.05, 4.69) is 5.32 Å². The molecule has 1 aliphatic rings. The summed E-state index contributed by atoms with van der Waals surface area (Å²) in [4.78, 5) is 39.1. The zero-order valence-electron chi connectivity index (χ0n) is 13.7. The molecule has 0 bridgehead atoms. The first-order chi connectivity index (χ1) is 11.3. The number of carbonyl (C=O) groups excluding carboxylic acids is 3. The average molecular weight is 353 g/mol. The number of para-hydroxylation sites is 1. The minimum absolute atomic E-state index is 0.0618. The van der Waals surface area contributed by atoms with Gasteiger partial charge in [0, 0.05) is 13.1 Å². The van der Waals surface area contributed by atoms with Crippen LogP contribution in [0, 0.1) is 5.92 Å². The lowest BCUT2D eigenvalue weighted by molar-refractivity contribution is -0.139. The van der Waals surface area contributed by atoms with Gasteiger partial charge in [0.2, 0.25) is 11.8 Å². The van der Waals surface area contributed by atoms with Gasteiger partial charge in [-0.3, -0.25) is 9.59 Å². The second kappa shape index (κ2) is 7.53. The third kappa shape index (κ3) is 3.97. The van der Waals surface area contributed by atoms with E-state index in [1.54, 1.807) is 43.0 Å². The summed E-state index contributed by atoms with van der Waals surface area (Å²) in [5.74, 6) is -0.665. The number of carbonyl (C=O) groups is 3. The smallest absolute Gasteiger partial charge is 0.312 e. The summed E-state index contributed by atoms with van der Waals surface area (Å²) in [5.41, 5.74) is 5.76. The number of urea groups is 1. The van der Waals surface area contributed by atoms with Crippen molar-refractivity contribution in [2.45, 2.75) is 19.9 Å². The van der Waals surface area contributed by atoms with Crippen molar-refractivity contribution in [1.29, 1.82) is 0 Å². The van der Waals surface area contributed by atoms with Crippen molar-refractivity contribution >= 4 is 35.1 Å². The third-order valence-corrected chi connectivity index (χ3v) is 4.23. The summed E-state index contributed by atoms with van der Waals surface area (Å²) >= 11 is 6.14. The SMILES string of the molecule is CC(C)[C@@H](NC(N)=O)C(=O)N1CCN(c2ccccc2Cl)C(=O)C1. The van der Waals surface area contributed by atoms with Crippen LogP contribution in [0.5, 0.6) is 0 Å². The van der Waals surface area contributed by atoms with E-state index in [1.807, 2.05) is 0 Å². The summed E-state index contributed by atoms with van der Waals surface area (Å²) in [6.07, 6.45) is 0. The van der Waals surface area contributed by atoms with Crippen molar-refractivity contribution in [2.75, 3.05) is 24.5 Å². The van der Waals surface area contributed by atoms with Gasteiger partial charge in [-0.1, -0.05) is 37.6 Å². The minimum Gasteiger partial charge on any atom is -0.352 e. The molecule has 1 aliphatic heterocycles. The zero-order valence-corrected chi connectivity index (χ0v) is 14.4. The molecule has 1 atom stereocenters. The van der Waals surface area contributed by atoms with Gasteiger partial charge in [0.05, 0.1) is 10.7 Å².